The fraction of sp³-hybridized carbons (Fsp3) is 0.125. The fourth-order valence-electron chi connectivity index (χ4n) is 2.12. The SMILES string of the molecule is O=C(Nc1ccnn1Cc1ccc(C(F)(F)F)cc1)c1cccs1. The number of nitrogens with one attached hydrogen (secondary N) is 1. The summed E-state index contributed by atoms with van der Waals surface area (Å²) in [5.41, 5.74) is -0.0451. The summed E-state index contributed by atoms with van der Waals surface area (Å²) in [4.78, 5) is 12.6. The number of thiophene rings is 1. The van der Waals surface area contributed by atoms with Crippen LogP contribution in [-0.4, -0.2) is 15.7 Å². The molecular weight excluding hydrogens is 339 g/mol. The smallest absolute Gasteiger partial charge is 0.306 e. The Morgan fingerprint density at radius 3 is 2.54 bits per heavy atom. The zero-order chi connectivity index (χ0) is 17.2. The number of alkyl halides is 3. The monoisotopic (exact) mass is 351 g/mol. The standard InChI is InChI=1S/C16H12F3N3OS/c17-16(18,19)12-5-3-11(4-6-12)10-22-14(7-8-20-22)21-15(23)13-2-1-9-24-13/h1-9H,10H2,(H,21,23). The molecule has 2 heterocycles. The second-order valence-corrected chi connectivity index (χ2v) is 5.95. The minimum atomic E-state index is -4.36. The maximum absolute atomic E-state index is 12.6. The summed E-state index contributed by atoms with van der Waals surface area (Å²) in [6.07, 6.45) is -2.84. The lowest BCUT2D eigenvalue weighted by Crippen LogP contribution is -2.15. The van der Waals surface area contributed by atoms with Crippen LogP contribution in [0.25, 0.3) is 0 Å². The van der Waals surface area contributed by atoms with Crippen LogP contribution in [0.5, 0.6) is 0 Å². The van der Waals surface area contributed by atoms with Crippen LogP contribution in [0.4, 0.5) is 19.0 Å². The first kappa shape index (κ1) is 16.3. The summed E-state index contributed by atoms with van der Waals surface area (Å²) in [6.45, 7) is 0.255. The molecule has 0 spiro atoms. The van der Waals surface area contributed by atoms with E-state index in [1.165, 1.54) is 34.3 Å². The van der Waals surface area contributed by atoms with Crippen LogP contribution in [0.2, 0.25) is 0 Å². The molecule has 0 saturated heterocycles. The van der Waals surface area contributed by atoms with Crippen molar-refractivity contribution in [2.75, 3.05) is 5.32 Å². The molecule has 124 valence electrons. The Balaban J connectivity index is 1.73. The molecule has 0 unspecified atom stereocenters. The van der Waals surface area contributed by atoms with E-state index in [4.69, 9.17) is 0 Å². The molecule has 3 rings (SSSR count). The minimum Gasteiger partial charge on any atom is -0.306 e. The van der Waals surface area contributed by atoms with Gasteiger partial charge < -0.3 is 5.32 Å². The number of carbonyl (C=O) groups excluding carboxylic acids is 1. The highest BCUT2D eigenvalue weighted by molar-refractivity contribution is 7.12. The molecule has 2 aromatic heterocycles. The van der Waals surface area contributed by atoms with Crippen LogP contribution < -0.4 is 5.32 Å². The largest absolute Gasteiger partial charge is 0.416 e. The van der Waals surface area contributed by atoms with Crippen LogP contribution in [-0.2, 0) is 12.7 Å². The summed E-state index contributed by atoms with van der Waals surface area (Å²) >= 11 is 1.32. The van der Waals surface area contributed by atoms with E-state index in [-0.39, 0.29) is 12.5 Å². The Bertz CT molecular complexity index is 823. The molecule has 24 heavy (non-hydrogen) atoms. The number of hydrogen-bond acceptors (Lipinski definition) is 3. The van der Waals surface area contributed by atoms with Gasteiger partial charge in [-0.25, -0.2) is 4.68 Å². The fourth-order valence-corrected chi connectivity index (χ4v) is 2.74. The first-order chi connectivity index (χ1) is 11.4. The summed E-state index contributed by atoms with van der Waals surface area (Å²) in [7, 11) is 0. The van der Waals surface area contributed by atoms with Gasteiger partial charge in [0.05, 0.1) is 23.2 Å². The lowest BCUT2D eigenvalue weighted by atomic mass is 10.1. The van der Waals surface area contributed by atoms with Crippen LogP contribution >= 0.6 is 11.3 Å². The molecule has 0 aliphatic heterocycles. The highest BCUT2D eigenvalue weighted by atomic mass is 32.1. The first-order valence-corrected chi connectivity index (χ1v) is 7.84. The number of nitrogens with zero attached hydrogens (tertiary/aromatic N) is 2. The average molecular weight is 351 g/mol. The zero-order valence-corrected chi connectivity index (χ0v) is 13.1. The minimum absolute atomic E-state index is 0.251. The van der Waals surface area contributed by atoms with Gasteiger partial charge in [-0.2, -0.15) is 18.3 Å². The number of halogens is 3. The number of benzene rings is 1. The number of rotatable bonds is 4. The van der Waals surface area contributed by atoms with E-state index in [9.17, 15) is 18.0 Å². The van der Waals surface area contributed by atoms with Gasteiger partial charge in [0, 0.05) is 6.07 Å². The lowest BCUT2D eigenvalue weighted by Gasteiger charge is -2.10. The van der Waals surface area contributed by atoms with Gasteiger partial charge in [-0.1, -0.05) is 18.2 Å². The predicted octanol–water partition coefficient (Wildman–Crippen LogP) is 4.26. The lowest BCUT2D eigenvalue weighted by molar-refractivity contribution is -0.137. The van der Waals surface area contributed by atoms with Gasteiger partial charge in [0.2, 0.25) is 0 Å². The number of anilines is 1. The first-order valence-electron chi connectivity index (χ1n) is 6.96. The molecule has 1 amide bonds. The Hall–Kier alpha value is -2.61. The Labute approximate surface area is 139 Å². The summed E-state index contributed by atoms with van der Waals surface area (Å²) in [5, 5.41) is 8.64. The normalized spacial score (nSPS) is 11.5. The van der Waals surface area contributed by atoms with Gasteiger partial charge in [-0.05, 0) is 29.1 Å². The Morgan fingerprint density at radius 2 is 1.92 bits per heavy atom. The maximum atomic E-state index is 12.6. The third-order valence-corrected chi connectivity index (χ3v) is 4.19. The Morgan fingerprint density at radius 1 is 1.17 bits per heavy atom. The third-order valence-electron chi connectivity index (χ3n) is 3.32. The molecule has 0 aliphatic carbocycles. The van der Waals surface area contributed by atoms with Crippen molar-refractivity contribution in [2.45, 2.75) is 12.7 Å². The number of aromatic nitrogens is 2. The van der Waals surface area contributed by atoms with Crippen molar-refractivity contribution in [3.63, 3.8) is 0 Å². The molecular formula is C16H12F3N3OS. The van der Waals surface area contributed by atoms with Crippen molar-refractivity contribution in [3.05, 3.63) is 70.0 Å². The van der Waals surface area contributed by atoms with E-state index in [1.54, 1.807) is 23.6 Å². The van der Waals surface area contributed by atoms with Crippen LogP contribution in [0.3, 0.4) is 0 Å². The molecule has 1 N–H and O–H groups in total. The maximum Gasteiger partial charge on any atom is 0.416 e. The molecule has 0 bridgehead atoms. The molecule has 0 saturated carbocycles. The highest BCUT2D eigenvalue weighted by Gasteiger charge is 2.29. The number of amides is 1. The Kier molecular flexibility index (Phi) is 4.39. The summed E-state index contributed by atoms with van der Waals surface area (Å²) < 4.78 is 39.2. The number of carbonyl (C=O) groups is 1. The molecule has 3 aromatic rings. The highest BCUT2D eigenvalue weighted by Crippen LogP contribution is 2.29. The molecule has 1 aromatic carbocycles. The van der Waals surface area contributed by atoms with Crippen LogP contribution in [0, 0.1) is 0 Å². The molecule has 0 atom stereocenters. The molecule has 0 radical (unpaired) electrons. The van der Waals surface area contributed by atoms with Gasteiger partial charge in [0.25, 0.3) is 5.91 Å². The van der Waals surface area contributed by atoms with Crippen molar-refractivity contribution in [2.24, 2.45) is 0 Å². The van der Waals surface area contributed by atoms with Crippen LogP contribution in [0.15, 0.2) is 54.0 Å². The summed E-state index contributed by atoms with van der Waals surface area (Å²) in [6, 6.07) is 9.97. The van der Waals surface area contributed by atoms with Crippen molar-refractivity contribution in [3.8, 4) is 0 Å². The third kappa shape index (κ3) is 3.65. The number of hydrogen-bond donors (Lipinski definition) is 1. The van der Waals surface area contributed by atoms with Crippen molar-refractivity contribution in [1.82, 2.24) is 9.78 Å². The van der Waals surface area contributed by atoms with Crippen LogP contribution in [0.1, 0.15) is 20.8 Å². The van der Waals surface area contributed by atoms with Gasteiger partial charge >= 0.3 is 6.18 Å². The van der Waals surface area contributed by atoms with Crippen molar-refractivity contribution >= 4 is 23.1 Å². The zero-order valence-electron chi connectivity index (χ0n) is 12.2. The van der Waals surface area contributed by atoms with E-state index < -0.39 is 11.7 Å². The van der Waals surface area contributed by atoms with Crippen molar-refractivity contribution in [1.29, 1.82) is 0 Å². The van der Waals surface area contributed by atoms with E-state index in [1.807, 2.05) is 0 Å². The molecule has 8 heteroatoms. The second-order valence-electron chi connectivity index (χ2n) is 5.00. The topological polar surface area (TPSA) is 46.9 Å². The van der Waals surface area contributed by atoms with E-state index in [0.717, 1.165) is 12.1 Å². The van der Waals surface area contributed by atoms with Crippen molar-refractivity contribution < 1.29 is 18.0 Å². The molecule has 0 fully saturated rings. The quantitative estimate of drug-likeness (QED) is 0.763. The van der Waals surface area contributed by atoms with E-state index in [0.29, 0.717) is 16.3 Å². The second kappa shape index (κ2) is 6.48. The molecule has 4 nitrogen and oxygen atoms in total. The van der Waals surface area contributed by atoms with E-state index in [2.05, 4.69) is 10.4 Å². The van der Waals surface area contributed by atoms with Gasteiger partial charge in [-0.15, -0.1) is 11.3 Å². The summed E-state index contributed by atoms with van der Waals surface area (Å²) in [5.74, 6) is 0.229. The van der Waals surface area contributed by atoms with Gasteiger partial charge in [0.1, 0.15) is 5.82 Å². The van der Waals surface area contributed by atoms with Gasteiger partial charge in [-0.3, -0.25) is 4.79 Å². The van der Waals surface area contributed by atoms with Gasteiger partial charge in [0.15, 0.2) is 0 Å². The molecule has 0 aliphatic rings. The average Bonchev–Trinajstić information content (AvgIpc) is 3.19. The van der Waals surface area contributed by atoms with E-state index >= 15 is 0 Å². The predicted molar refractivity (Wildman–Crippen MR) is 85.0 cm³/mol.